The van der Waals surface area contributed by atoms with Gasteiger partial charge in [-0.15, -0.1) is 21.5 Å². The number of nitrogens with one attached hydrogen (secondary N) is 2. The largest absolute Gasteiger partial charge is 0.342 e. The zero-order valence-electron chi connectivity index (χ0n) is 15.8. The number of halogens is 1. The molecule has 0 fully saturated rings. The Morgan fingerprint density at radius 3 is 2.79 bits per heavy atom. The van der Waals surface area contributed by atoms with E-state index in [1.165, 1.54) is 23.1 Å². The van der Waals surface area contributed by atoms with Gasteiger partial charge < -0.3 is 15.2 Å². The van der Waals surface area contributed by atoms with Crippen LogP contribution in [0.5, 0.6) is 0 Å². The summed E-state index contributed by atoms with van der Waals surface area (Å²) in [6.45, 7) is 4.44. The first-order chi connectivity index (χ1) is 14.0. The summed E-state index contributed by atoms with van der Waals surface area (Å²) in [6, 6.07) is 6.88. The highest BCUT2D eigenvalue weighted by molar-refractivity contribution is 9.10. The summed E-state index contributed by atoms with van der Waals surface area (Å²) in [4.78, 5) is 28.7. The number of rotatable bonds is 8. The highest BCUT2D eigenvalue weighted by Crippen LogP contribution is 2.22. The number of aromatic nitrogens is 4. The van der Waals surface area contributed by atoms with Gasteiger partial charge in [0.25, 0.3) is 5.91 Å². The molecule has 3 rings (SSSR count). The van der Waals surface area contributed by atoms with Gasteiger partial charge in [0.2, 0.25) is 5.91 Å². The lowest BCUT2D eigenvalue weighted by molar-refractivity contribution is -0.113. The van der Waals surface area contributed by atoms with Crippen LogP contribution in [0.4, 0.5) is 5.13 Å². The standard InChI is InChI=1S/C18H19BrN6O2S2/c1-3-25-15(11(2)21-16(27)12-6-4-5-7-13(12)19)23-24-18(25)29-10-14(26)22-17-20-8-9-28-17/h4-9,11H,3,10H2,1-2H3,(H,21,27)(H,20,22,26)/t11-/m0/s1. The van der Waals surface area contributed by atoms with Crippen LogP contribution < -0.4 is 10.6 Å². The summed E-state index contributed by atoms with van der Waals surface area (Å²) in [5.74, 6) is 0.464. The minimum atomic E-state index is -0.347. The van der Waals surface area contributed by atoms with E-state index in [1.54, 1.807) is 17.6 Å². The monoisotopic (exact) mass is 494 g/mol. The van der Waals surface area contributed by atoms with Crippen LogP contribution in [0.2, 0.25) is 0 Å². The fourth-order valence-corrected chi connectivity index (χ4v) is 4.40. The van der Waals surface area contributed by atoms with Crippen molar-refractivity contribution < 1.29 is 9.59 Å². The number of hydrogen-bond acceptors (Lipinski definition) is 7. The van der Waals surface area contributed by atoms with E-state index in [0.717, 1.165) is 4.47 Å². The van der Waals surface area contributed by atoms with Gasteiger partial charge in [-0.1, -0.05) is 23.9 Å². The Bertz CT molecular complexity index is 992. The molecule has 1 atom stereocenters. The molecule has 8 nitrogen and oxygen atoms in total. The minimum Gasteiger partial charge on any atom is -0.342 e. The number of thiazole rings is 1. The van der Waals surface area contributed by atoms with Crippen molar-refractivity contribution in [1.82, 2.24) is 25.1 Å². The van der Waals surface area contributed by atoms with Crippen molar-refractivity contribution in [1.29, 1.82) is 0 Å². The summed E-state index contributed by atoms with van der Waals surface area (Å²) >= 11 is 6.05. The van der Waals surface area contributed by atoms with Crippen LogP contribution >= 0.6 is 39.0 Å². The van der Waals surface area contributed by atoms with Crippen LogP contribution in [0.1, 0.15) is 36.1 Å². The molecule has 0 saturated carbocycles. The molecule has 29 heavy (non-hydrogen) atoms. The number of nitrogens with zero attached hydrogens (tertiary/aromatic N) is 4. The zero-order valence-corrected chi connectivity index (χ0v) is 19.0. The quantitative estimate of drug-likeness (QED) is 0.462. The lowest BCUT2D eigenvalue weighted by atomic mass is 10.2. The average Bonchev–Trinajstić information content (AvgIpc) is 3.35. The van der Waals surface area contributed by atoms with E-state index in [1.807, 2.05) is 36.6 Å². The predicted octanol–water partition coefficient (Wildman–Crippen LogP) is 3.74. The highest BCUT2D eigenvalue weighted by Gasteiger charge is 2.21. The van der Waals surface area contributed by atoms with Crippen molar-refractivity contribution in [2.45, 2.75) is 31.6 Å². The number of hydrogen-bond donors (Lipinski definition) is 2. The van der Waals surface area contributed by atoms with Gasteiger partial charge in [-0.2, -0.15) is 0 Å². The van der Waals surface area contributed by atoms with E-state index in [0.29, 0.717) is 28.2 Å². The molecule has 0 aliphatic carbocycles. The second-order valence-electron chi connectivity index (χ2n) is 5.93. The first kappa shape index (κ1) is 21.5. The molecule has 11 heteroatoms. The predicted molar refractivity (Wildman–Crippen MR) is 117 cm³/mol. The van der Waals surface area contributed by atoms with Gasteiger partial charge in [0.05, 0.1) is 17.4 Å². The van der Waals surface area contributed by atoms with Gasteiger partial charge in [-0.05, 0) is 41.9 Å². The average molecular weight is 495 g/mol. The number of anilines is 1. The lowest BCUT2D eigenvalue weighted by Crippen LogP contribution is -2.29. The van der Waals surface area contributed by atoms with E-state index in [-0.39, 0.29) is 23.6 Å². The third-order valence-corrected chi connectivity index (χ3v) is 6.27. The normalized spacial score (nSPS) is 11.8. The first-order valence-corrected chi connectivity index (χ1v) is 11.5. The lowest BCUT2D eigenvalue weighted by Gasteiger charge is -2.15. The molecular formula is C18H19BrN6O2S2. The second-order valence-corrected chi connectivity index (χ2v) is 8.63. The third-order valence-electron chi connectivity index (χ3n) is 3.93. The Hall–Kier alpha value is -2.24. The highest BCUT2D eigenvalue weighted by atomic mass is 79.9. The molecule has 0 spiro atoms. The van der Waals surface area contributed by atoms with E-state index in [9.17, 15) is 9.59 Å². The molecule has 152 valence electrons. The summed E-state index contributed by atoms with van der Waals surface area (Å²) in [5.41, 5.74) is 0.551. The van der Waals surface area contributed by atoms with Crippen LogP contribution in [-0.4, -0.2) is 37.3 Å². The van der Waals surface area contributed by atoms with Gasteiger partial charge in [0.15, 0.2) is 16.1 Å². The van der Waals surface area contributed by atoms with E-state index in [2.05, 4.69) is 41.7 Å². The maximum absolute atomic E-state index is 12.6. The molecule has 1 aromatic carbocycles. The summed E-state index contributed by atoms with van der Waals surface area (Å²) in [5, 5.41) is 17.1. The van der Waals surface area contributed by atoms with Crippen LogP contribution in [0.15, 0.2) is 45.5 Å². The summed E-state index contributed by atoms with van der Waals surface area (Å²) < 4.78 is 2.62. The SMILES string of the molecule is CCn1c(SCC(=O)Nc2nccs2)nnc1[C@H](C)NC(=O)c1ccccc1Br. The fourth-order valence-electron chi connectivity index (χ4n) is 2.58. The van der Waals surface area contributed by atoms with Crippen molar-refractivity contribution in [3.63, 3.8) is 0 Å². The Labute approximate surface area is 184 Å². The number of carbonyl (C=O) groups is 2. The second kappa shape index (κ2) is 9.99. The number of amides is 2. The fraction of sp³-hybridized carbons (Fsp3) is 0.278. The van der Waals surface area contributed by atoms with Crippen molar-refractivity contribution in [3.8, 4) is 0 Å². The minimum absolute atomic E-state index is 0.160. The summed E-state index contributed by atoms with van der Waals surface area (Å²) in [7, 11) is 0. The topological polar surface area (TPSA) is 102 Å². The number of thioether (sulfide) groups is 1. The molecule has 0 radical (unpaired) electrons. The smallest absolute Gasteiger partial charge is 0.253 e. The number of carbonyl (C=O) groups excluding carboxylic acids is 2. The Kier molecular flexibility index (Phi) is 7.40. The molecule has 2 amide bonds. The van der Waals surface area contributed by atoms with E-state index >= 15 is 0 Å². The molecule has 2 N–H and O–H groups in total. The molecule has 0 aliphatic rings. The molecule has 2 aromatic heterocycles. The molecule has 3 aromatic rings. The van der Waals surface area contributed by atoms with Crippen LogP contribution in [-0.2, 0) is 11.3 Å². The van der Waals surface area contributed by atoms with Crippen LogP contribution in [0, 0.1) is 0 Å². The van der Waals surface area contributed by atoms with Crippen molar-refractivity contribution in [2.24, 2.45) is 0 Å². The van der Waals surface area contributed by atoms with Crippen molar-refractivity contribution in [2.75, 3.05) is 11.1 Å². The zero-order chi connectivity index (χ0) is 20.8. The van der Waals surface area contributed by atoms with Gasteiger partial charge in [0.1, 0.15) is 0 Å². The first-order valence-electron chi connectivity index (χ1n) is 8.80. The third kappa shape index (κ3) is 5.43. The molecule has 2 heterocycles. The van der Waals surface area contributed by atoms with E-state index in [4.69, 9.17) is 0 Å². The maximum atomic E-state index is 12.6. The van der Waals surface area contributed by atoms with Crippen LogP contribution in [0.3, 0.4) is 0 Å². The van der Waals surface area contributed by atoms with E-state index < -0.39 is 0 Å². The molecule has 0 unspecified atom stereocenters. The van der Waals surface area contributed by atoms with Crippen molar-refractivity contribution in [3.05, 3.63) is 51.7 Å². The van der Waals surface area contributed by atoms with Gasteiger partial charge in [-0.25, -0.2) is 4.98 Å². The van der Waals surface area contributed by atoms with Gasteiger partial charge >= 0.3 is 0 Å². The Morgan fingerprint density at radius 1 is 1.31 bits per heavy atom. The molecular weight excluding hydrogens is 476 g/mol. The maximum Gasteiger partial charge on any atom is 0.253 e. The van der Waals surface area contributed by atoms with Crippen LogP contribution in [0.25, 0.3) is 0 Å². The molecule has 0 aliphatic heterocycles. The number of benzene rings is 1. The van der Waals surface area contributed by atoms with Gasteiger partial charge in [0, 0.05) is 22.6 Å². The summed E-state index contributed by atoms with van der Waals surface area (Å²) in [6.07, 6.45) is 1.64. The molecule has 0 bridgehead atoms. The molecule has 0 saturated heterocycles. The Balaban J connectivity index is 1.64. The Morgan fingerprint density at radius 2 is 2.10 bits per heavy atom. The van der Waals surface area contributed by atoms with Crippen molar-refractivity contribution >= 4 is 56.0 Å². The van der Waals surface area contributed by atoms with Gasteiger partial charge in [-0.3, -0.25) is 9.59 Å².